The number of hydrogen-bond acceptors (Lipinski definition) is 4. The number of aliphatic imine (C=N–C) groups is 1. The van der Waals surface area contributed by atoms with Crippen LogP contribution in [0.15, 0.2) is 47.1 Å². The molecule has 1 heterocycles. The van der Waals surface area contributed by atoms with Gasteiger partial charge in [-0.2, -0.15) is 0 Å². The summed E-state index contributed by atoms with van der Waals surface area (Å²) in [5, 5.41) is 11.5. The molecule has 1 atom stereocenters. The van der Waals surface area contributed by atoms with Crippen LogP contribution >= 0.6 is 0 Å². The van der Waals surface area contributed by atoms with Crippen molar-refractivity contribution in [2.75, 3.05) is 6.54 Å². The van der Waals surface area contributed by atoms with Crippen LogP contribution in [0, 0.1) is 16.0 Å². The van der Waals surface area contributed by atoms with Crippen LogP contribution < -0.4 is 0 Å². The zero-order valence-electron chi connectivity index (χ0n) is 14.1. The Morgan fingerprint density at radius 2 is 2.00 bits per heavy atom. The van der Waals surface area contributed by atoms with Crippen molar-refractivity contribution in [2.24, 2.45) is 10.9 Å². The van der Waals surface area contributed by atoms with Crippen LogP contribution in [0.5, 0.6) is 0 Å². The molecule has 0 aromatic heterocycles. The molecule has 124 valence electrons. The molecule has 0 fully saturated rings. The molecule has 1 aliphatic rings. The van der Waals surface area contributed by atoms with Gasteiger partial charge >= 0.3 is 5.96 Å². The van der Waals surface area contributed by atoms with Crippen LogP contribution in [0.3, 0.4) is 0 Å². The van der Waals surface area contributed by atoms with Gasteiger partial charge in [0.1, 0.15) is 6.04 Å². The van der Waals surface area contributed by atoms with Gasteiger partial charge in [-0.3, -0.25) is 0 Å². The van der Waals surface area contributed by atoms with E-state index in [9.17, 15) is 10.1 Å². The molecule has 1 aromatic rings. The molecule has 0 aliphatic carbocycles. The highest BCUT2D eigenvalue weighted by molar-refractivity contribution is 5.75. The largest absolute Gasteiger partial charge is 0.430 e. The fourth-order valence-corrected chi connectivity index (χ4v) is 2.66. The Morgan fingerprint density at radius 3 is 2.57 bits per heavy atom. The molecule has 0 bridgehead atoms. The number of nitro groups is 1. The van der Waals surface area contributed by atoms with Gasteiger partial charge in [0, 0.05) is 6.42 Å². The molecule has 0 spiro atoms. The number of nitrogens with zero attached hydrogens (tertiary/aromatic N) is 3. The summed E-state index contributed by atoms with van der Waals surface area (Å²) in [5.74, 6) is 0.231. The van der Waals surface area contributed by atoms with E-state index in [1.807, 2.05) is 32.0 Å². The zero-order valence-corrected chi connectivity index (χ0v) is 14.1. The van der Waals surface area contributed by atoms with Gasteiger partial charge < -0.3 is 10.1 Å². The molecule has 0 saturated carbocycles. The lowest BCUT2D eigenvalue weighted by Crippen LogP contribution is -2.41. The molecule has 0 amide bonds. The van der Waals surface area contributed by atoms with Crippen molar-refractivity contribution in [1.29, 1.82) is 0 Å². The minimum Gasteiger partial charge on any atom is -0.390 e. The molecule has 1 aliphatic heterocycles. The monoisotopic (exact) mass is 315 g/mol. The smallest absolute Gasteiger partial charge is 0.390 e. The van der Waals surface area contributed by atoms with E-state index in [4.69, 9.17) is 0 Å². The minimum absolute atomic E-state index is 0.00872. The van der Waals surface area contributed by atoms with Gasteiger partial charge in [0.05, 0.1) is 12.2 Å². The summed E-state index contributed by atoms with van der Waals surface area (Å²) in [4.78, 5) is 17.3. The summed E-state index contributed by atoms with van der Waals surface area (Å²) in [6.07, 6.45) is 4.69. The summed E-state index contributed by atoms with van der Waals surface area (Å²) in [7, 11) is 0. The maximum absolute atomic E-state index is 11.5. The Hall–Kier alpha value is -2.17. The highest BCUT2D eigenvalue weighted by atomic mass is 16.6. The summed E-state index contributed by atoms with van der Waals surface area (Å²) in [6.45, 7) is 6.82. The number of hydrogen-bond donors (Lipinski definition) is 0. The van der Waals surface area contributed by atoms with E-state index in [2.05, 4.69) is 30.1 Å². The van der Waals surface area contributed by atoms with Gasteiger partial charge in [0.25, 0.3) is 0 Å². The van der Waals surface area contributed by atoms with Crippen molar-refractivity contribution in [3.63, 3.8) is 0 Å². The lowest BCUT2D eigenvalue weighted by Gasteiger charge is -2.27. The van der Waals surface area contributed by atoms with E-state index in [0.29, 0.717) is 13.0 Å². The minimum atomic E-state index is -0.344. The van der Waals surface area contributed by atoms with Crippen LogP contribution in [0.2, 0.25) is 0 Å². The second kappa shape index (κ2) is 7.90. The third-order valence-electron chi connectivity index (χ3n) is 4.03. The van der Waals surface area contributed by atoms with Gasteiger partial charge in [-0.05, 0) is 28.9 Å². The normalized spacial score (nSPS) is 17.9. The van der Waals surface area contributed by atoms with Gasteiger partial charge in [-0.15, -0.1) is 4.99 Å². The fraction of sp³-hybridized carbons (Fsp3) is 0.500. The first-order valence-corrected chi connectivity index (χ1v) is 8.27. The average Bonchev–Trinajstić information content (AvgIpc) is 2.53. The second-order valence-corrected chi connectivity index (χ2v) is 6.25. The third kappa shape index (κ3) is 4.41. The lowest BCUT2D eigenvalue weighted by atomic mass is 9.99. The van der Waals surface area contributed by atoms with Crippen molar-refractivity contribution in [2.45, 2.75) is 46.1 Å². The van der Waals surface area contributed by atoms with E-state index in [0.717, 1.165) is 24.1 Å². The first kappa shape index (κ1) is 17.2. The van der Waals surface area contributed by atoms with Crippen LogP contribution in [0.4, 0.5) is 0 Å². The molecule has 2 rings (SSSR count). The highest BCUT2D eigenvalue weighted by Crippen LogP contribution is 2.24. The highest BCUT2D eigenvalue weighted by Gasteiger charge is 2.34. The van der Waals surface area contributed by atoms with Gasteiger partial charge in [-0.1, -0.05) is 57.5 Å². The Bertz CT molecular complexity index is 594. The van der Waals surface area contributed by atoms with Crippen LogP contribution in [0.25, 0.3) is 0 Å². The van der Waals surface area contributed by atoms with Crippen molar-refractivity contribution < 1.29 is 4.92 Å². The summed E-state index contributed by atoms with van der Waals surface area (Å²) in [5.41, 5.74) is 2.15. The molecule has 0 saturated heterocycles. The van der Waals surface area contributed by atoms with Gasteiger partial charge in [0.2, 0.25) is 0 Å². The molecule has 1 aromatic carbocycles. The Morgan fingerprint density at radius 1 is 1.30 bits per heavy atom. The van der Waals surface area contributed by atoms with Crippen molar-refractivity contribution >= 4 is 5.96 Å². The maximum atomic E-state index is 11.5. The lowest BCUT2D eigenvalue weighted by molar-refractivity contribution is -0.363. The molecule has 5 heteroatoms. The predicted molar refractivity (Wildman–Crippen MR) is 92.9 cm³/mol. The molecular formula is C18H25N3O2. The van der Waals surface area contributed by atoms with Crippen molar-refractivity contribution in [3.05, 3.63) is 57.8 Å². The number of allylic oxidation sites excluding steroid dienone is 1. The van der Waals surface area contributed by atoms with Crippen molar-refractivity contribution in [3.8, 4) is 0 Å². The molecule has 1 unspecified atom stereocenters. The zero-order chi connectivity index (χ0) is 16.8. The number of guanidine groups is 1. The van der Waals surface area contributed by atoms with Crippen LogP contribution in [-0.4, -0.2) is 28.4 Å². The predicted octanol–water partition coefficient (Wildman–Crippen LogP) is 3.89. The second-order valence-electron chi connectivity index (χ2n) is 6.25. The first-order chi connectivity index (χ1) is 11.0. The molecule has 0 N–H and O–H groups in total. The SMILES string of the molecule is CCCCN1C(Cc2ccccc2)=CC(C(C)C)N=C1[N+](=O)[O-]. The Labute approximate surface area is 137 Å². The van der Waals surface area contributed by atoms with Crippen molar-refractivity contribution in [1.82, 2.24) is 4.90 Å². The third-order valence-corrected chi connectivity index (χ3v) is 4.03. The Kier molecular flexibility index (Phi) is 5.90. The standard InChI is InChI=1S/C18H25N3O2/c1-4-5-11-20-16(12-15-9-7-6-8-10-15)13-17(14(2)3)19-18(20)21(22)23/h6-10,13-14,17H,4-5,11-12H2,1-3H3. The van der Waals surface area contributed by atoms with E-state index in [1.165, 1.54) is 0 Å². The number of benzene rings is 1. The quantitative estimate of drug-likeness (QED) is 0.591. The fourth-order valence-electron chi connectivity index (χ4n) is 2.66. The molecule has 0 radical (unpaired) electrons. The Balaban J connectivity index is 2.33. The summed E-state index contributed by atoms with van der Waals surface area (Å²) < 4.78 is 0. The van der Waals surface area contributed by atoms with Gasteiger partial charge in [-0.25, -0.2) is 4.90 Å². The number of rotatable bonds is 6. The number of unbranched alkanes of at least 4 members (excludes halogenated alkanes) is 1. The van der Waals surface area contributed by atoms with Crippen LogP contribution in [-0.2, 0) is 6.42 Å². The van der Waals surface area contributed by atoms with E-state index in [-0.39, 0.29) is 22.8 Å². The molecule has 5 nitrogen and oxygen atoms in total. The summed E-state index contributed by atoms with van der Waals surface area (Å²) in [6, 6.07) is 9.96. The summed E-state index contributed by atoms with van der Waals surface area (Å²) >= 11 is 0. The van der Waals surface area contributed by atoms with E-state index in [1.54, 1.807) is 4.90 Å². The first-order valence-electron chi connectivity index (χ1n) is 8.27. The van der Waals surface area contributed by atoms with Crippen LogP contribution in [0.1, 0.15) is 39.2 Å². The topological polar surface area (TPSA) is 58.7 Å². The van der Waals surface area contributed by atoms with Gasteiger partial charge in [0.15, 0.2) is 0 Å². The van der Waals surface area contributed by atoms with E-state index < -0.39 is 0 Å². The maximum Gasteiger partial charge on any atom is 0.430 e. The molecule has 23 heavy (non-hydrogen) atoms. The molecular weight excluding hydrogens is 290 g/mol. The average molecular weight is 315 g/mol. The van der Waals surface area contributed by atoms with E-state index >= 15 is 0 Å².